The summed E-state index contributed by atoms with van der Waals surface area (Å²) in [5, 5.41) is 18.2. The minimum atomic E-state index is -5.08. The summed E-state index contributed by atoms with van der Waals surface area (Å²) in [6.07, 6.45) is -2.12. The van der Waals surface area contributed by atoms with Gasteiger partial charge in [-0.3, -0.25) is 10.2 Å². The number of amidine groups is 1. The number of rotatable bonds is 6. The molecule has 206 valence electrons. The Labute approximate surface area is 224 Å². The summed E-state index contributed by atoms with van der Waals surface area (Å²) in [6.45, 7) is 1.39. The zero-order chi connectivity index (χ0) is 28.6. The number of aromatic nitrogens is 1. The number of nitrogens with two attached hydrogens (primary N) is 1. The number of nitrogens with one attached hydrogen (secondary N) is 2. The van der Waals surface area contributed by atoms with Gasteiger partial charge in [-0.2, -0.15) is 13.2 Å². The molecule has 0 unspecified atom stereocenters. The number of nitrogen functional groups attached to an aromatic ring is 1. The number of aliphatic carboxylic acids is 1. The average Bonchev–Trinajstić information content (AvgIpc) is 3.40. The van der Waals surface area contributed by atoms with Gasteiger partial charge in [-0.1, -0.05) is 29.5 Å². The van der Waals surface area contributed by atoms with E-state index in [0.717, 1.165) is 23.7 Å². The molecule has 14 heteroatoms. The lowest BCUT2D eigenvalue weighted by Gasteiger charge is -2.31. The molecule has 4 rings (SSSR count). The number of alkyl halides is 3. The number of para-hydroxylation sites is 1. The molecular weight excluding hydrogens is 539 g/mol. The van der Waals surface area contributed by atoms with Crippen LogP contribution >= 0.6 is 11.3 Å². The van der Waals surface area contributed by atoms with E-state index in [4.69, 9.17) is 25.8 Å². The van der Waals surface area contributed by atoms with Gasteiger partial charge in [0, 0.05) is 30.3 Å². The Hall–Kier alpha value is -4.46. The molecule has 3 aromatic rings. The van der Waals surface area contributed by atoms with Crippen LogP contribution in [-0.4, -0.2) is 53.0 Å². The summed E-state index contributed by atoms with van der Waals surface area (Å²) in [5.74, 6) is -2.92. The average molecular weight is 564 g/mol. The van der Waals surface area contributed by atoms with Crippen LogP contribution in [0.5, 0.6) is 5.75 Å². The number of hydrogen-bond acceptors (Lipinski definition) is 8. The Morgan fingerprint density at radius 3 is 2.21 bits per heavy atom. The minimum Gasteiger partial charge on any atom is -0.475 e. The number of halogens is 3. The van der Waals surface area contributed by atoms with E-state index in [2.05, 4.69) is 15.2 Å². The highest BCUT2D eigenvalue weighted by Gasteiger charge is 2.38. The standard InChI is InChI=1S/C23H23N5O3S.C2HF3O2/c24-20(25)15-6-8-18(9-7-15)31-22(30)19-14-26-23(32-19)28-12-10-16(11-13-28)21(29)27-17-4-2-1-3-5-17;3-2(4,5)1(6)7/h1-9,14,16H,10-13H2,(H3,24,25)(H,27,29);(H,6,7). The molecule has 0 bridgehead atoms. The van der Waals surface area contributed by atoms with Crippen LogP contribution in [0.15, 0.2) is 60.8 Å². The lowest BCUT2D eigenvalue weighted by atomic mass is 9.96. The maximum absolute atomic E-state index is 12.5. The minimum absolute atomic E-state index is 0.0371. The fourth-order valence-corrected chi connectivity index (χ4v) is 4.31. The van der Waals surface area contributed by atoms with Crippen molar-refractivity contribution in [2.75, 3.05) is 23.3 Å². The van der Waals surface area contributed by atoms with Gasteiger partial charge in [0.1, 0.15) is 16.5 Å². The molecule has 0 atom stereocenters. The van der Waals surface area contributed by atoms with Crippen molar-refractivity contribution in [3.05, 3.63) is 71.2 Å². The van der Waals surface area contributed by atoms with Gasteiger partial charge < -0.3 is 25.8 Å². The smallest absolute Gasteiger partial charge is 0.475 e. The second kappa shape index (κ2) is 12.9. The molecule has 0 saturated carbocycles. The summed E-state index contributed by atoms with van der Waals surface area (Å²) in [7, 11) is 0. The summed E-state index contributed by atoms with van der Waals surface area (Å²) in [5.41, 5.74) is 6.80. The highest BCUT2D eigenvalue weighted by Crippen LogP contribution is 2.29. The van der Waals surface area contributed by atoms with Crippen LogP contribution in [0.1, 0.15) is 28.1 Å². The van der Waals surface area contributed by atoms with Crippen molar-refractivity contribution in [3.63, 3.8) is 0 Å². The molecule has 0 spiro atoms. The molecule has 2 aromatic carbocycles. The second-order valence-electron chi connectivity index (χ2n) is 8.25. The quantitative estimate of drug-likeness (QED) is 0.151. The molecule has 1 aromatic heterocycles. The number of hydrogen-bond donors (Lipinski definition) is 4. The number of ether oxygens (including phenoxy) is 1. The lowest BCUT2D eigenvalue weighted by molar-refractivity contribution is -0.192. The van der Waals surface area contributed by atoms with Crippen LogP contribution in [0.3, 0.4) is 0 Å². The van der Waals surface area contributed by atoms with E-state index in [1.54, 1.807) is 24.3 Å². The Kier molecular flexibility index (Phi) is 9.60. The van der Waals surface area contributed by atoms with Crippen LogP contribution in [0.2, 0.25) is 0 Å². The van der Waals surface area contributed by atoms with E-state index in [1.165, 1.54) is 17.5 Å². The summed E-state index contributed by atoms with van der Waals surface area (Å²) in [6, 6.07) is 15.9. The van der Waals surface area contributed by atoms with E-state index in [-0.39, 0.29) is 17.7 Å². The van der Waals surface area contributed by atoms with Crippen molar-refractivity contribution in [2.45, 2.75) is 19.0 Å². The molecule has 1 aliphatic rings. The van der Waals surface area contributed by atoms with Crippen LogP contribution in [0.25, 0.3) is 0 Å². The molecule has 0 aliphatic carbocycles. The van der Waals surface area contributed by atoms with Gasteiger partial charge >= 0.3 is 18.1 Å². The number of piperidine rings is 1. The van der Waals surface area contributed by atoms with Crippen LogP contribution in [0.4, 0.5) is 24.0 Å². The molecular formula is C25H24F3N5O5S. The fourth-order valence-electron chi connectivity index (χ4n) is 3.46. The van der Waals surface area contributed by atoms with Gasteiger partial charge in [0.25, 0.3) is 0 Å². The summed E-state index contributed by atoms with van der Waals surface area (Å²) >= 11 is 1.27. The lowest BCUT2D eigenvalue weighted by Crippen LogP contribution is -2.38. The predicted octanol–water partition coefficient (Wildman–Crippen LogP) is 4.13. The van der Waals surface area contributed by atoms with Crippen molar-refractivity contribution >= 4 is 45.8 Å². The molecule has 2 heterocycles. The van der Waals surface area contributed by atoms with Crippen LogP contribution in [0, 0.1) is 11.3 Å². The fraction of sp³-hybridized carbons (Fsp3) is 0.240. The third kappa shape index (κ3) is 8.53. The van der Waals surface area contributed by atoms with Crippen molar-refractivity contribution < 1.29 is 37.4 Å². The van der Waals surface area contributed by atoms with E-state index >= 15 is 0 Å². The predicted molar refractivity (Wildman–Crippen MR) is 138 cm³/mol. The Morgan fingerprint density at radius 2 is 1.67 bits per heavy atom. The van der Waals surface area contributed by atoms with Crippen molar-refractivity contribution in [2.24, 2.45) is 11.7 Å². The topological polar surface area (TPSA) is 159 Å². The third-order valence-corrected chi connectivity index (χ3v) is 6.53. The second-order valence-corrected chi connectivity index (χ2v) is 9.26. The number of carbonyl (C=O) groups is 3. The Morgan fingerprint density at radius 1 is 1.08 bits per heavy atom. The van der Waals surface area contributed by atoms with Crippen molar-refractivity contribution in [1.82, 2.24) is 4.98 Å². The molecule has 10 nitrogen and oxygen atoms in total. The van der Waals surface area contributed by atoms with E-state index in [0.29, 0.717) is 29.3 Å². The number of nitrogens with zero attached hydrogens (tertiary/aromatic N) is 2. The zero-order valence-electron chi connectivity index (χ0n) is 20.3. The molecule has 1 fully saturated rings. The number of esters is 1. The number of amides is 1. The first-order chi connectivity index (χ1) is 18.4. The molecule has 39 heavy (non-hydrogen) atoms. The SMILES string of the molecule is N=C(N)c1ccc(OC(=O)c2cnc(N3CCC(C(=O)Nc4ccccc4)CC3)s2)cc1.O=C(O)C(F)(F)F. The molecule has 0 radical (unpaired) electrons. The number of carbonyl (C=O) groups excluding carboxylic acids is 2. The number of benzene rings is 2. The van der Waals surface area contributed by atoms with Gasteiger partial charge in [0.05, 0.1) is 6.20 Å². The number of carboxylic acids is 1. The largest absolute Gasteiger partial charge is 0.490 e. The molecule has 1 aliphatic heterocycles. The van der Waals surface area contributed by atoms with E-state index in [9.17, 15) is 22.8 Å². The van der Waals surface area contributed by atoms with Crippen molar-refractivity contribution in [1.29, 1.82) is 5.41 Å². The van der Waals surface area contributed by atoms with Gasteiger partial charge in [0.2, 0.25) is 5.91 Å². The zero-order valence-corrected chi connectivity index (χ0v) is 21.1. The molecule has 5 N–H and O–H groups in total. The summed E-state index contributed by atoms with van der Waals surface area (Å²) < 4.78 is 37.1. The monoisotopic (exact) mass is 563 g/mol. The van der Waals surface area contributed by atoms with Crippen LogP contribution in [-0.2, 0) is 9.59 Å². The van der Waals surface area contributed by atoms with E-state index < -0.39 is 18.1 Å². The maximum Gasteiger partial charge on any atom is 0.490 e. The maximum atomic E-state index is 12.5. The highest BCUT2D eigenvalue weighted by atomic mass is 32.1. The number of thiazole rings is 1. The van der Waals surface area contributed by atoms with Gasteiger partial charge in [-0.15, -0.1) is 0 Å². The van der Waals surface area contributed by atoms with Gasteiger partial charge in [-0.05, 0) is 49.2 Å². The van der Waals surface area contributed by atoms with Gasteiger partial charge in [0.15, 0.2) is 5.13 Å². The van der Waals surface area contributed by atoms with E-state index in [1.807, 2.05) is 30.3 Å². The first kappa shape index (κ1) is 29.1. The number of carboxylic acid groups (broad SMARTS) is 1. The third-order valence-electron chi connectivity index (χ3n) is 5.49. The van der Waals surface area contributed by atoms with Crippen LogP contribution < -0.4 is 20.7 Å². The Bertz CT molecular complexity index is 1310. The number of anilines is 2. The Balaban J connectivity index is 0.000000532. The van der Waals surface area contributed by atoms with Gasteiger partial charge in [-0.25, -0.2) is 14.6 Å². The van der Waals surface area contributed by atoms with Crippen molar-refractivity contribution in [3.8, 4) is 5.75 Å². The first-order valence-corrected chi connectivity index (χ1v) is 12.3. The summed E-state index contributed by atoms with van der Waals surface area (Å²) in [4.78, 5) is 40.7. The molecule has 1 saturated heterocycles. The normalized spacial score (nSPS) is 13.6. The molecule has 1 amide bonds. The highest BCUT2D eigenvalue weighted by molar-refractivity contribution is 7.17. The first-order valence-electron chi connectivity index (χ1n) is 11.5.